The molecule has 1 aromatic carbocycles. The zero-order chi connectivity index (χ0) is 14.2. The lowest BCUT2D eigenvalue weighted by Gasteiger charge is -2.23. The number of aliphatic hydroxyl groups is 1. The average molecular weight is 267 g/mol. The molecule has 0 unspecified atom stereocenters. The lowest BCUT2D eigenvalue weighted by atomic mass is 10.0. The molecule has 1 aliphatic carbocycles. The van der Waals surface area contributed by atoms with Crippen LogP contribution in [0, 0.1) is 12.7 Å². The zero-order valence-electron chi connectivity index (χ0n) is 11.7. The van der Waals surface area contributed by atoms with E-state index in [1.165, 1.54) is 0 Å². The quantitative estimate of drug-likeness (QED) is 0.488. The molecule has 0 saturated heterocycles. The molecule has 19 heavy (non-hydrogen) atoms. The highest BCUT2D eigenvalue weighted by Crippen LogP contribution is 2.47. The van der Waals surface area contributed by atoms with Crippen LogP contribution in [0.25, 0.3) is 0 Å². The fraction of sp³-hybridized carbons (Fsp3) is 0.571. The van der Waals surface area contributed by atoms with E-state index in [0.717, 1.165) is 12.8 Å². The van der Waals surface area contributed by atoms with Crippen LogP contribution >= 0.6 is 0 Å². The molecule has 1 aromatic rings. The summed E-state index contributed by atoms with van der Waals surface area (Å²) in [6.07, 6.45) is 2.00. The van der Waals surface area contributed by atoms with Crippen LogP contribution in [0.2, 0.25) is 0 Å². The molecular weight excluding hydrogens is 245 g/mol. The van der Waals surface area contributed by atoms with Gasteiger partial charge in [-0.25, -0.2) is 4.39 Å². The van der Waals surface area contributed by atoms with E-state index in [4.69, 9.17) is 5.84 Å². The van der Waals surface area contributed by atoms with E-state index in [1.807, 2.05) is 0 Å². The summed E-state index contributed by atoms with van der Waals surface area (Å²) in [4.78, 5) is 0. The smallest absolute Gasteiger partial charge is 0.131 e. The van der Waals surface area contributed by atoms with Crippen LogP contribution in [0.5, 0.6) is 0 Å². The van der Waals surface area contributed by atoms with Gasteiger partial charge in [0, 0.05) is 12.1 Å². The molecule has 5 N–H and O–H groups in total. The number of hydrazine groups is 1. The SMILES string of the molecule is Cc1cc(NN)c(NCC(C)(C)O)c(C2CC2)c1F. The summed E-state index contributed by atoms with van der Waals surface area (Å²) in [6, 6.07) is 1.69. The van der Waals surface area contributed by atoms with Gasteiger partial charge < -0.3 is 15.8 Å². The van der Waals surface area contributed by atoms with E-state index in [1.54, 1.807) is 26.8 Å². The minimum Gasteiger partial charge on any atom is -0.389 e. The number of nitrogens with one attached hydrogen (secondary N) is 2. The Kier molecular flexibility index (Phi) is 3.69. The van der Waals surface area contributed by atoms with Crippen LogP contribution in [0.4, 0.5) is 15.8 Å². The molecule has 0 aliphatic heterocycles. The fourth-order valence-electron chi connectivity index (χ4n) is 2.18. The number of halogens is 1. The summed E-state index contributed by atoms with van der Waals surface area (Å²) >= 11 is 0. The van der Waals surface area contributed by atoms with Gasteiger partial charge in [-0.2, -0.15) is 0 Å². The van der Waals surface area contributed by atoms with E-state index in [2.05, 4.69) is 10.7 Å². The largest absolute Gasteiger partial charge is 0.389 e. The van der Waals surface area contributed by atoms with Crippen LogP contribution < -0.4 is 16.6 Å². The second kappa shape index (κ2) is 4.98. The third-order valence-corrected chi connectivity index (χ3v) is 3.32. The fourth-order valence-corrected chi connectivity index (χ4v) is 2.18. The maximum absolute atomic E-state index is 14.3. The van der Waals surface area contributed by atoms with Gasteiger partial charge in [-0.3, -0.25) is 5.84 Å². The third-order valence-electron chi connectivity index (χ3n) is 3.32. The van der Waals surface area contributed by atoms with Gasteiger partial charge >= 0.3 is 0 Å². The summed E-state index contributed by atoms with van der Waals surface area (Å²) in [5, 5.41) is 12.9. The molecule has 4 nitrogen and oxygen atoms in total. The number of nitrogens with two attached hydrogens (primary N) is 1. The first-order valence-corrected chi connectivity index (χ1v) is 6.59. The van der Waals surface area contributed by atoms with Crippen molar-refractivity contribution in [2.45, 2.75) is 45.1 Å². The Morgan fingerprint density at radius 1 is 1.47 bits per heavy atom. The Labute approximate surface area is 113 Å². The Balaban J connectivity index is 2.40. The molecule has 0 spiro atoms. The van der Waals surface area contributed by atoms with Gasteiger partial charge in [0.1, 0.15) is 5.82 Å². The highest BCUT2D eigenvalue weighted by atomic mass is 19.1. The molecular formula is C14H22FN3O. The Morgan fingerprint density at radius 2 is 2.11 bits per heavy atom. The van der Waals surface area contributed by atoms with Crippen molar-refractivity contribution in [2.24, 2.45) is 5.84 Å². The number of nitrogen functional groups attached to an aromatic ring is 1. The van der Waals surface area contributed by atoms with Gasteiger partial charge in [-0.05, 0) is 51.2 Å². The number of aryl methyl sites for hydroxylation is 1. The Bertz CT molecular complexity index is 479. The Hall–Kier alpha value is -1.33. The van der Waals surface area contributed by atoms with Crippen LogP contribution in [0.15, 0.2) is 6.07 Å². The van der Waals surface area contributed by atoms with Gasteiger partial charge in [-0.1, -0.05) is 0 Å². The normalized spacial score (nSPS) is 15.5. The molecule has 106 valence electrons. The van der Waals surface area contributed by atoms with E-state index in [9.17, 15) is 9.50 Å². The van der Waals surface area contributed by atoms with Crippen molar-refractivity contribution in [1.82, 2.24) is 0 Å². The van der Waals surface area contributed by atoms with Gasteiger partial charge in [0.05, 0.1) is 17.0 Å². The second-order valence-corrected chi connectivity index (χ2v) is 5.93. The third kappa shape index (κ3) is 3.16. The summed E-state index contributed by atoms with van der Waals surface area (Å²) in [5.74, 6) is 5.62. The van der Waals surface area contributed by atoms with E-state index < -0.39 is 5.60 Å². The topological polar surface area (TPSA) is 70.3 Å². The van der Waals surface area contributed by atoms with Crippen molar-refractivity contribution in [3.05, 3.63) is 23.0 Å². The Morgan fingerprint density at radius 3 is 2.58 bits per heavy atom. The lowest BCUT2D eigenvalue weighted by Crippen LogP contribution is -2.30. The van der Waals surface area contributed by atoms with Crippen molar-refractivity contribution in [3.8, 4) is 0 Å². The summed E-state index contributed by atoms with van der Waals surface area (Å²) in [6.45, 7) is 5.49. The molecule has 0 heterocycles. The summed E-state index contributed by atoms with van der Waals surface area (Å²) in [7, 11) is 0. The maximum atomic E-state index is 14.3. The summed E-state index contributed by atoms with van der Waals surface area (Å²) in [5.41, 5.74) is 4.37. The van der Waals surface area contributed by atoms with Crippen molar-refractivity contribution in [3.63, 3.8) is 0 Å². The predicted octanol–water partition coefficient (Wildman–Crippen LogP) is 2.48. The molecule has 1 aliphatic rings. The average Bonchev–Trinajstić information content (AvgIpc) is 3.12. The van der Waals surface area contributed by atoms with E-state index >= 15 is 0 Å². The van der Waals surface area contributed by atoms with Crippen LogP contribution in [0.1, 0.15) is 43.7 Å². The van der Waals surface area contributed by atoms with Gasteiger partial charge in [0.25, 0.3) is 0 Å². The number of hydrogen-bond donors (Lipinski definition) is 4. The minimum atomic E-state index is -0.867. The maximum Gasteiger partial charge on any atom is 0.131 e. The van der Waals surface area contributed by atoms with Crippen molar-refractivity contribution in [1.29, 1.82) is 0 Å². The number of hydrogen-bond acceptors (Lipinski definition) is 4. The zero-order valence-corrected chi connectivity index (χ0v) is 11.7. The molecule has 0 aromatic heterocycles. The van der Waals surface area contributed by atoms with Crippen molar-refractivity contribution >= 4 is 11.4 Å². The molecule has 0 amide bonds. The monoisotopic (exact) mass is 267 g/mol. The number of anilines is 2. The van der Waals surface area contributed by atoms with Crippen molar-refractivity contribution < 1.29 is 9.50 Å². The second-order valence-electron chi connectivity index (χ2n) is 5.93. The van der Waals surface area contributed by atoms with Crippen LogP contribution in [-0.2, 0) is 0 Å². The summed E-state index contributed by atoms with van der Waals surface area (Å²) < 4.78 is 14.3. The molecule has 1 fully saturated rings. The predicted molar refractivity (Wildman–Crippen MR) is 75.7 cm³/mol. The lowest BCUT2D eigenvalue weighted by molar-refractivity contribution is 0.0945. The first-order valence-electron chi connectivity index (χ1n) is 6.59. The molecule has 2 rings (SSSR count). The van der Waals surface area contributed by atoms with E-state index in [-0.39, 0.29) is 11.7 Å². The molecule has 0 radical (unpaired) electrons. The minimum absolute atomic E-state index is 0.167. The number of benzene rings is 1. The van der Waals surface area contributed by atoms with Crippen LogP contribution in [0.3, 0.4) is 0 Å². The molecule has 0 bridgehead atoms. The van der Waals surface area contributed by atoms with Gasteiger partial charge in [0.2, 0.25) is 0 Å². The first kappa shape index (κ1) is 14.1. The van der Waals surface area contributed by atoms with Crippen LogP contribution in [-0.4, -0.2) is 17.3 Å². The molecule has 0 atom stereocenters. The highest BCUT2D eigenvalue weighted by Gasteiger charge is 2.32. The van der Waals surface area contributed by atoms with Gasteiger partial charge in [0.15, 0.2) is 0 Å². The van der Waals surface area contributed by atoms with E-state index in [0.29, 0.717) is 29.0 Å². The van der Waals surface area contributed by atoms with Crippen molar-refractivity contribution in [2.75, 3.05) is 17.3 Å². The number of rotatable bonds is 5. The first-order chi connectivity index (χ1) is 8.83. The van der Waals surface area contributed by atoms with Gasteiger partial charge in [-0.15, -0.1) is 0 Å². The standard InChI is InChI=1S/C14H22FN3O/c1-8-6-10(18-16)13(17-7-14(2,3)19)11(12(8)15)9-4-5-9/h6,9,17-19H,4-5,7,16H2,1-3H3. The highest BCUT2D eigenvalue weighted by molar-refractivity contribution is 5.75. The molecule has 1 saturated carbocycles. The molecule has 5 heteroatoms.